The van der Waals surface area contributed by atoms with Crippen molar-refractivity contribution in [1.82, 2.24) is 14.9 Å². The number of thioether (sulfide) groups is 1. The number of aromatic nitrogens is 3. The van der Waals surface area contributed by atoms with Crippen molar-refractivity contribution >= 4 is 11.8 Å². The second-order valence-electron chi connectivity index (χ2n) is 1.74. The fourth-order valence-electron chi connectivity index (χ4n) is 0.740. The van der Waals surface area contributed by atoms with Gasteiger partial charge < -0.3 is 5.43 Å². The van der Waals surface area contributed by atoms with Gasteiger partial charge in [-0.2, -0.15) is 0 Å². The van der Waals surface area contributed by atoms with Gasteiger partial charge in [0.1, 0.15) is 6.33 Å². The van der Waals surface area contributed by atoms with Gasteiger partial charge in [-0.05, 0) is 0 Å². The fraction of sp³-hybridized carbons (Fsp3) is 0.500. The van der Waals surface area contributed by atoms with Gasteiger partial charge >= 0.3 is 0 Å². The molecule has 0 spiro atoms. The lowest BCUT2D eigenvalue weighted by Crippen LogP contribution is -2.21. The van der Waals surface area contributed by atoms with Crippen LogP contribution in [-0.2, 0) is 0 Å². The molecule has 1 aromatic heterocycles. The molecule has 9 heavy (non-hydrogen) atoms. The summed E-state index contributed by atoms with van der Waals surface area (Å²) < 4.78 is 1.84. The number of nitrogens with one attached hydrogen (secondary N) is 1. The van der Waals surface area contributed by atoms with E-state index in [1.807, 2.05) is 4.68 Å². The molecule has 0 saturated heterocycles. The van der Waals surface area contributed by atoms with Crippen LogP contribution in [0, 0.1) is 0 Å². The first-order chi connectivity index (χ1) is 4.47. The van der Waals surface area contributed by atoms with Crippen LogP contribution in [0.5, 0.6) is 0 Å². The number of hydrogen-bond donors (Lipinski definition) is 1. The molecule has 1 aliphatic heterocycles. The highest BCUT2D eigenvalue weighted by Crippen LogP contribution is 2.15. The van der Waals surface area contributed by atoms with Gasteiger partial charge in [0.2, 0.25) is 5.16 Å². The molecule has 4 nitrogen and oxygen atoms in total. The summed E-state index contributed by atoms with van der Waals surface area (Å²) in [6.45, 7) is 0.996. The molecule has 1 aromatic rings. The highest BCUT2D eigenvalue weighted by molar-refractivity contribution is 7.99. The summed E-state index contributed by atoms with van der Waals surface area (Å²) in [6, 6.07) is 0. The smallest absolute Gasteiger partial charge is 0.209 e. The lowest BCUT2D eigenvalue weighted by molar-refractivity contribution is 0.750. The normalized spacial score (nSPS) is 16.4. The molecule has 0 amide bonds. The minimum absolute atomic E-state index is 0.959. The molecular formula is C4H6N4S. The molecule has 0 atom stereocenters. The summed E-state index contributed by atoms with van der Waals surface area (Å²) in [6.07, 6.45) is 1.68. The molecule has 0 saturated carbocycles. The number of hydrogen-bond acceptors (Lipinski definition) is 4. The van der Waals surface area contributed by atoms with Gasteiger partial charge in [0.15, 0.2) is 0 Å². The maximum absolute atomic E-state index is 3.87. The lowest BCUT2D eigenvalue weighted by atomic mass is 10.8. The summed E-state index contributed by atoms with van der Waals surface area (Å²) in [5, 5.41) is 8.56. The Labute approximate surface area is 56.6 Å². The van der Waals surface area contributed by atoms with E-state index in [0.29, 0.717) is 0 Å². The minimum Gasteiger partial charge on any atom is -0.322 e. The maximum atomic E-state index is 3.87. The Morgan fingerprint density at radius 2 is 2.78 bits per heavy atom. The standard InChI is InChI=1S/C4H6N4S/c1-2-9-4-7-5-3-8(4)6-1/h3,6H,1-2H2. The van der Waals surface area contributed by atoms with Gasteiger partial charge in [0.05, 0.1) is 0 Å². The van der Waals surface area contributed by atoms with Crippen molar-refractivity contribution in [3.63, 3.8) is 0 Å². The second-order valence-corrected chi connectivity index (χ2v) is 2.80. The van der Waals surface area contributed by atoms with E-state index in [0.717, 1.165) is 17.5 Å². The molecule has 2 heterocycles. The Balaban J connectivity index is 2.39. The topological polar surface area (TPSA) is 42.7 Å². The Kier molecular flexibility index (Phi) is 1.08. The van der Waals surface area contributed by atoms with E-state index in [9.17, 15) is 0 Å². The van der Waals surface area contributed by atoms with Crippen molar-refractivity contribution in [1.29, 1.82) is 0 Å². The lowest BCUT2D eigenvalue weighted by Gasteiger charge is -2.12. The van der Waals surface area contributed by atoms with Gasteiger partial charge in [0, 0.05) is 12.3 Å². The summed E-state index contributed by atoms with van der Waals surface area (Å²) in [7, 11) is 0. The highest BCUT2D eigenvalue weighted by Gasteiger charge is 2.07. The number of nitrogens with zero attached hydrogens (tertiary/aromatic N) is 3. The van der Waals surface area contributed by atoms with Crippen LogP contribution in [0.1, 0.15) is 0 Å². The molecule has 48 valence electrons. The average molecular weight is 142 g/mol. The third-order valence-corrected chi connectivity index (χ3v) is 2.08. The van der Waals surface area contributed by atoms with Crippen molar-refractivity contribution in [2.24, 2.45) is 0 Å². The van der Waals surface area contributed by atoms with Gasteiger partial charge in [0.25, 0.3) is 0 Å². The summed E-state index contributed by atoms with van der Waals surface area (Å²) in [4.78, 5) is 0. The summed E-state index contributed by atoms with van der Waals surface area (Å²) in [5.41, 5.74) is 3.11. The summed E-state index contributed by atoms with van der Waals surface area (Å²) >= 11 is 1.72. The Morgan fingerprint density at radius 3 is 3.67 bits per heavy atom. The quantitative estimate of drug-likeness (QED) is 0.550. The molecule has 0 radical (unpaired) electrons. The first kappa shape index (κ1) is 5.10. The van der Waals surface area contributed by atoms with Gasteiger partial charge in [-0.25, -0.2) is 4.68 Å². The van der Waals surface area contributed by atoms with Crippen molar-refractivity contribution in [2.75, 3.05) is 17.7 Å². The van der Waals surface area contributed by atoms with E-state index >= 15 is 0 Å². The van der Waals surface area contributed by atoms with Gasteiger partial charge in [-0.3, -0.25) is 0 Å². The number of rotatable bonds is 0. The van der Waals surface area contributed by atoms with Crippen LogP contribution in [-0.4, -0.2) is 27.2 Å². The van der Waals surface area contributed by atoms with E-state index < -0.39 is 0 Å². The van der Waals surface area contributed by atoms with Crippen molar-refractivity contribution in [3.8, 4) is 0 Å². The Morgan fingerprint density at radius 1 is 1.78 bits per heavy atom. The molecule has 1 aliphatic rings. The SMILES string of the molecule is c1nnc2n1NCCS2. The molecule has 5 heteroatoms. The van der Waals surface area contributed by atoms with Crippen molar-refractivity contribution in [3.05, 3.63) is 6.33 Å². The first-order valence-electron chi connectivity index (χ1n) is 2.73. The van der Waals surface area contributed by atoms with Crippen LogP contribution >= 0.6 is 11.8 Å². The zero-order valence-electron chi connectivity index (χ0n) is 4.74. The van der Waals surface area contributed by atoms with E-state index in [1.54, 1.807) is 18.1 Å². The van der Waals surface area contributed by atoms with Gasteiger partial charge in [-0.15, -0.1) is 10.2 Å². The van der Waals surface area contributed by atoms with Crippen LogP contribution in [0.25, 0.3) is 0 Å². The first-order valence-corrected chi connectivity index (χ1v) is 3.72. The zero-order chi connectivity index (χ0) is 6.10. The van der Waals surface area contributed by atoms with E-state index in [-0.39, 0.29) is 0 Å². The Bertz CT molecular complexity index is 188. The van der Waals surface area contributed by atoms with E-state index in [1.165, 1.54) is 0 Å². The monoisotopic (exact) mass is 142 g/mol. The predicted molar refractivity (Wildman–Crippen MR) is 35.0 cm³/mol. The third-order valence-electron chi connectivity index (χ3n) is 1.13. The molecule has 0 unspecified atom stereocenters. The number of fused-ring (bicyclic) bond motifs is 1. The van der Waals surface area contributed by atoms with E-state index in [4.69, 9.17) is 0 Å². The average Bonchev–Trinajstić information content (AvgIpc) is 2.33. The highest BCUT2D eigenvalue weighted by atomic mass is 32.2. The van der Waals surface area contributed by atoms with Gasteiger partial charge in [-0.1, -0.05) is 11.8 Å². The van der Waals surface area contributed by atoms with Crippen LogP contribution in [0.15, 0.2) is 11.5 Å². The third kappa shape index (κ3) is 0.769. The molecule has 0 aromatic carbocycles. The predicted octanol–water partition coefficient (Wildman–Crippen LogP) is -0.0727. The van der Waals surface area contributed by atoms with Crippen LogP contribution < -0.4 is 5.43 Å². The minimum atomic E-state index is 0.959. The molecule has 2 rings (SSSR count). The van der Waals surface area contributed by atoms with Crippen LogP contribution in [0.4, 0.5) is 0 Å². The molecule has 1 N–H and O–H groups in total. The summed E-state index contributed by atoms with van der Waals surface area (Å²) in [5.74, 6) is 1.08. The molecule has 0 fully saturated rings. The van der Waals surface area contributed by atoms with Crippen LogP contribution in [0.3, 0.4) is 0 Å². The molecule has 0 bridgehead atoms. The Hall–Kier alpha value is -0.710. The van der Waals surface area contributed by atoms with Crippen molar-refractivity contribution < 1.29 is 0 Å². The molecule has 0 aliphatic carbocycles. The molecular weight excluding hydrogens is 136 g/mol. The largest absolute Gasteiger partial charge is 0.322 e. The van der Waals surface area contributed by atoms with Crippen LogP contribution in [0.2, 0.25) is 0 Å². The van der Waals surface area contributed by atoms with Crippen molar-refractivity contribution in [2.45, 2.75) is 5.16 Å². The maximum Gasteiger partial charge on any atom is 0.209 e. The zero-order valence-corrected chi connectivity index (χ0v) is 5.56. The second kappa shape index (κ2) is 1.91. The fourth-order valence-corrected chi connectivity index (χ4v) is 1.47. The van der Waals surface area contributed by atoms with E-state index in [2.05, 4.69) is 15.6 Å².